The molecule has 0 saturated heterocycles. The third-order valence-electron chi connectivity index (χ3n) is 4.27. The number of carbonyl (C=O) groups excluding carboxylic acids is 1. The molecule has 2 aromatic rings. The maximum absolute atomic E-state index is 12.2. The van der Waals surface area contributed by atoms with E-state index >= 15 is 0 Å². The van der Waals surface area contributed by atoms with Crippen LogP contribution in [0.5, 0.6) is 5.75 Å². The van der Waals surface area contributed by atoms with Crippen molar-refractivity contribution >= 4 is 39.5 Å². The molecule has 1 aromatic carbocycles. The van der Waals surface area contributed by atoms with Crippen molar-refractivity contribution in [3.63, 3.8) is 0 Å². The second-order valence-electron chi connectivity index (χ2n) is 6.09. The number of ether oxygens (including phenoxy) is 1. The van der Waals surface area contributed by atoms with Gasteiger partial charge >= 0.3 is 0 Å². The van der Waals surface area contributed by atoms with E-state index in [0.717, 1.165) is 37.7 Å². The molecule has 1 aromatic heterocycles. The Labute approximate surface area is 164 Å². The van der Waals surface area contributed by atoms with Gasteiger partial charge in [0.2, 0.25) is 0 Å². The fraction of sp³-hybridized carbons (Fsp3) is 0.333. The standard InChI is InChI=1S/C18H16ClN3O4S/c19-14-8-11(22(24)25)6-7-15(14)26-10-17(23)21-18-13(9-20)12-4-2-1-3-5-16(12)27-18/h6-8H,1-5,10H2,(H,21,23). The number of carbonyl (C=O) groups is 1. The topological polar surface area (TPSA) is 105 Å². The van der Waals surface area contributed by atoms with Gasteiger partial charge in [0.05, 0.1) is 15.5 Å². The molecule has 1 N–H and O–H groups in total. The maximum atomic E-state index is 12.2. The van der Waals surface area contributed by atoms with Crippen LogP contribution in [0.25, 0.3) is 0 Å². The molecule has 1 amide bonds. The average molecular weight is 406 g/mol. The fourth-order valence-electron chi connectivity index (χ4n) is 2.98. The molecule has 140 valence electrons. The number of hydrogen-bond donors (Lipinski definition) is 1. The smallest absolute Gasteiger partial charge is 0.271 e. The quantitative estimate of drug-likeness (QED) is 0.449. The van der Waals surface area contributed by atoms with Gasteiger partial charge in [-0.15, -0.1) is 11.3 Å². The first-order chi connectivity index (χ1) is 13.0. The largest absolute Gasteiger partial charge is 0.482 e. The van der Waals surface area contributed by atoms with Crippen molar-refractivity contribution in [2.75, 3.05) is 11.9 Å². The average Bonchev–Trinajstić information content (AvgIpc) is 2.80. The highest BCUT2D eigenvalue weighted by Gasteiger charge is 2.21. The highest BCUT2D eigenvalue weighted by Crippen LogP contribution is 2.37. The van der Waals surface area contributed by atoms with E-state index in [1.54, 1.807) is 0 Å². The van der Waals surface area contributed by atoms with Crippen molar-refractivity contribution in [1.29, 1.82) is 5.26 Å². The van der Waals surface area contributed by atoms with Gasteiger partial charge in [-0.25, -0.2) is 0 Å². The van der Waals surface area contributed by atoms with E-state index in [9.17, 15) is 20.2 Å². The number of non-ortho nitro benzene ring substituents is 1. The van der Waals surface area contributed by atoms with Crippen LogP contribution in [0.3, 0.4) is 0 Å². The molecule has 0 fully saturated rings. The molecular weight excluding hydrogens is 390 g/mol. The number of thiophene rings is 1. The predicted molar refractivity (Wildman–Crippen MR) is 103 cm³/mol. The first-order valence-electron chi connectivity index (χ1n) is 8.41. The number of fused-ring (bicyclic) bond motifs is 1. The summed E-state index contributed by atoms with van der Waals surface area (Å²) < 4.78 is 5.36. The Bertz CT molecular complexity index is 935. The molecule has 27 heavy (non-hydrogen) atoms. The fourth-order valence-corrected chi connectivity index (χ4v) is 4.46. The Hall–Kier alpha value is -2.63. The zero-order chi connectivity index (χ0) is 19.4. The highest BCUT2D eigenvalue weighted by molar-refractivity contribution is 7.16. The number of nitro benzene ring substituents is 1. The number of rotatable bonds is 5. The molecule has 0 aliphatic heterocycles. The van der Waals surface area contributed by atoms with Crippen LogP contribution < -0.4 is 10.1 Å². The summed E-state index contributed by atoms with van der Waals surface area (Å²) in [5, 5.41) is 23.5. The Kier molecular flexibility index (Phi) is 5.94. The minimum Gasteiger partial charge on any atom is -0.482 e. The maximum Gasteiger partial charge on any atom is 0.271 e. The van der Waals surface area contributed by atoms with E-state index in [4.69, 9.17) is 16.3 Å². The lowest BCUT2D eigenvalue weighted by Gasteiger charge is -2.08. The van der Waals surface area contributed by atoms with Gasteiger partial charge in [-0.1, -0.05) is 18.0 Å². The molecule has 3 rings (SSSR count). The van der Waals surface area contributed by atoms with Crippen LogP contribution in [-0.4, -0.2) is 17.4 Å². The summed E-state index contributed by atoms with van der Waals surface area (Å²) in [6.45, 7) is -0.315. The number of nitro groups is 1. The number of hydrogen-bond acceptors (Lipinski definition) is 6. The number of aryl methyl sites for hydroxylation is 1. The molecule has 9 heteroatoms. The van der Waals surface area contributed by atoms with Crippen molar-refractivity contribution < 1.29 is 14.5 Å². The normalized spacial score (nSPS) is 13.2. The lowest BCUT2D eigenvalue weighted by molar-refractivity contribution is -0.384. The number of halogens is 1. The molecule has 7 nitrogen and oxygen atoms in total. The minimum absolute atomic E-state index is 0.0533. The molecule has 0 radical (unpaired) electrons. The molecule has 0 bridgehead atoms. The zero-order valence-corrected chi connectivity index (χ0v) is 15.9. The summed E-state index contributed by atoms with van der Waals surface area (Å²) in [5.41, 5.74) is 1.43. The lowest BCUT2D eigenvalue weighted by atomic mass is 10.1. The Balaban J connectivity index is 1.67. The van der Waals surface area contributed by atoms with Crippen LogP contribution >= 0.6 is 22.9 Å². The molecule has 1 aliphatic rings. The van der Waals surface area contributed by atoms with Crippen molar-refractivity contribution in [2.24, 2.45) is 0 Å². The van der Waals surface area contributed by atoms with E-state index in [0.29, 0.717) is 10.6 Å². The summed E-state index contributed by atoms with van der Waals surface area (Å²) in [7, 11) is 0. The molecular formula is C18H16ClN3O4S. The molecule has 0 unspecified atom stereocenters. The summed E-state index contributed by atoms with van der Waals surface area (Å²) >= 11 is 7.39. The van der Waals surface area contributed by atoms with Gasteiger partial charge in [0.25, 0.3) is 11.6 Å². The van der Waals surface area contributed by atoms with E-state index in [1.807, 2.05) is 0 Å². The SMILES string of the molecule is N#Cc1c(NC(=O)COc2ccc([N+](=O)[O-])cc2Cl)sc2c1CCCCC2. The Morgan fingerprint density at radius 3 is 2.85 bits per heavy atom. The van der Waals surface area contributed by atoms with Crippen molar-refractivity contribution in [3.05, 3.63) is 49.3 Å². The van der Waals surface area contributed by atoms with Crippen LogP contribution in [-0.2, 0) is 17.6 Å². The van der Waals surface area contributed by atoms with Gasteiger partial charge in [-0.3, -0.25) is 14.9 Å². The molecule has 0 spiro atoms. The van der Waals surface area contributed by atoms with Gasteiger partial charge in [-0.2, -0.15) is 5.26 Å². The summed E-state index contributed by atoms with van der Waals surface area (Å²) in [4.78, 5) is 23.5. The van der Waals surface area contributed by atoms with Crippen LogP contribution in [0.4, 0.5) is 10.7 Å². The Morgan fingerprint density at radius 1 is 1.37 bits per heavy atom. The van der Waals surface area contributed by atoms with E-state index in [-0.39, 0.29) is 23.1 Å². The number of nitrogens with zero attached hydrogens (tertiary/aromatic N) is 2. The second-order valence-corrected chi connectivity index (χ2v) is 7.60. The first-order valence-corrected chi connectivity index (χ1v) is 9.60. The monoisotopic (exact) mass is 405 g/mol. The van der Waals surface area contributed by atoms with Crippen LogP contribution in [0.15, 0.2) is 18.2 Å². The summed E-state index contributed by atoms with van der Waals surface area (Å²) in [6.07, 6.45) is 5.08. The minimum atomic E-state index is -0.563. The highest BCUT2D eigenvalue weighted by atomic mass is 35.5. The van der Waals surface area contributed by atoms with Crippen molar-refractivity contribution in [1.82, 2.24) is 0 Å². The lowest BCUT2D eigenvalue weighted by Crippen LogP contribution is -2.20. The first kappa shape index (κ1) is 19.1. The van der Waals surface area contributed by atoms with Crippen molar-refractivity contribution in [3.8, 4) is 11.8 Å². The molecule has 1 heterocycles. The van der Waals surface area contributed by atoms with E-state index in [2.05, 4.69) is 11.4 Å². The molecule has 1 aliphatic carbocycles. The summed E-state index contributed by atoms with van der Waals surface area (Å²) in [5.74, 6) is -0.239. The zero-order valence-electron chi connectivity index (χ0n) is 14.3. The van der Waals surface area contributed by atoms with Gasteiger partial charge in [-0.05, 0) is 37.3 Å². The Morgan fingerprint density at radius 2 is 2.15 bits per heavy atom. The van der Waals surface area contributed by atoms with E-state index < -0.39 is 10.8 Å². The number of amides is 1. The second kappa shape index (κ2) is 8.37. The van der Waals surface area contributed by atoms with Crippen molar-refractivity contribution in [2.45, 2.75) is 32.1 Å². The summed E-state index contributed by atoms with van der Waals surface area (Å²) in [6, 6.07) is 5.97. The number of nitriles is 1. The van der Waals surface area contributed by atoms with Gasteiger partial charge in [0.15, 0.2) is 6.61 Å². The number of anilines is 1. The third kappa shape index (κ3) is 4.38. The molecule has 0 atom stereocenters. The van der Waals surface area contributed by atoms with Gasteiger partial charge in [0, 0.05) is 17.0 Å². The third-order valence-corrected chi connectivity index (χ3v) is 5.77. The molecule has 0 saturated carbocycles. The van der Waals surface area contributed by atoms with Gasteiger partial charge in [0.1, 0.15) is 16.8 Å². The van der Waals surface area contributed by atoms with Crippen LogP contribution in [0, 0.1) is 21.4 Å². The van der Waals surface area contributed by atoms with E-state index in [1.165, 1.54) is 34.4 Å². The van der Waals surface area contributed by atoms with Gasteiger partial charge < -0.3 is 10.1 Å². The number of nitrogens with one attached hydrogen (secondary N) is 1. The van der Waals surface area contributed by atoms with Crippen LogP contribution in [0.1, 0.15) is 35.3 Å². The van der Waals surface area contributed by atoms with Crippen LogP contribution in [0.2, 0.25) is 5.02 Å². The number of benzene rings is 1. The predicted octanol–water partition coefficient (Wildman–Crippen LogP) is 4.47.